The zero-order chi connectivity index (χ0) is 21.4. The van der Waals surface area contributed by atoms with E-state index in [1.165, 1.54) is 12.5 Å². The van der Waals surface area contributed by atoms with Crippen LogP contribution in [0.15, 0.2) is 23.0 Å². The number of carbonyl (C=O) groups is 1. The minimum atomic E-state index is -0.318. The Morgan fingerprint density at radius 2 is 1.87 bits per heavy atom. The van der Waals surface area contributed by atoms with Crippen molar-refractivity contribution in [3.05, 3.63) is 34.2 Å². The molecule has 1 aliphatic carbocycles. The standard InChI is InChI=1S/C22H28N4O4/c1-13-7-5-6-8-16(13)23-21(28)12-25-17-11-19(30-4)18(29-3)10-15(17)22-24-20(27)9-14(2)26(22)25/h9-11,13,16H,5-8,12H2,1-4H3,(H,23,28)/t13-,16+/m0/s1. The predicted molar refractivity (Wildman–Crippen MR) is 114 cm³/mol. The van der Waals surface area contributed by atoms with Crippen molar-refractivity contribution in [2.24, 2.45) is 5.92 Å². The smallest absolute Gasteiger partial charge is 0.273 e. The number of methoxy groups -OCH3 is 2. The van der Waals surface area contributed by atoms with Crippen LogP contribution in [-0.2, 0) is 11.3 Å². The van der Waals surface area contributed by atoms with Gasteiger partial charge in [-0.25, -0.2) is 4.52 Å². The zero-order valence-electron chi connectivity index (χ0n) is 17.9. The quantitative estimate of drug-likeness (QED) is 0.696. The Morgan fingerprint density at radius 3 is 2.57 bits per heavy atom. The maximum atomic E-state index is 13.0. The highest BCUT2D eigenvalue weighted by Gasteiger charge is 2.24. The molecule has 1 saturated carbocycles. The number of nitrogens with one attached hydrogen (secondary N) is 1. The van der Waals surface area contributed by atoms with Crippen molar-refractivity contribution in [2.75, 3.05) is 14.2 Å². The molecule has 0 radical (unpaired) electrons. The summed E-state index contributed by atoms with van der Waals surface area (Å²) in [5.74, 6) is 1.52. The van der Waals surface area contributed by atoms with Crippen molar-refractivity contribution in [3.63, 3.8) is 0 Å². The van der Waals surface area contributed by atoms with E-state index < -0.39 is 0 Å². The van der Waals surface area contributed by atoms with E-state index in [1.54, 1.807) is 20.3 Å². The van der Waals surface area contributed by atoms with E-state index in [0.717, 1.165) is 30.2 Å². The molecule has 8 nitrogen and oxygen atoms in total. The normalized spacial score (nSPS) is 19.2. The van der Waals surface area contributed by atoms with Crippen LogP contribution in [0, 0.1) is 12.8 Å². The molecule has 1 aromatic carbocycles. The van der Waals surface area contributed by atoms with Gasteiger partial charge < -0.3 is 14.8 Å². The van der Waals surface area contributed by atoms with Crippen LogP contribution in [0.3, 0.4) is 0 Å². The Hall–Kier alpha value is -3.03. The molecule has 0 bridgehead atoms. The molecule has 160 valence electrons. The van der Waals surface area contributed by atoms with Gasteiger partial charge in [0.1, 0.15) is 6.54 Å². The fourth-order valence-electron chi connectivity index (χ4n) is 4.51. The van der Waals surface area contributed by atoms with E-state index in [1.807, 2.05) is 22.2 Å². The predicted octanol–water partition coefficient (Wildman–Crippen LogP) is 2.67. The third-order valence-electron chi connectivity index (χ3n) is 6.10. The molecule has 1 N–H and O–H groups in total. The molecule has 0 spiro atoms. The average molecular weight is 412 g/mol. The molecule has 8 heteroatoms. The largest absolute Gasteiger partial charge is 0.493 e. The second-order valence-electron chi connectivity index (χ2n) is 8.09. The number of fused-ring (bicyclic) bond motifs is 3. The molecule has 30 heavy (non-hydrogen) atoms. The van der Waals surface area contributed by atoms with Crippen LogP contribution < -0.4 is 20.3 Å². The first kappa shape index (κ1) is 20.3. The van der Waals surface area contributed by atoms with Crippen molar-refractivity contribution in [3.8, 4) is 11.5 Å². The fraction of sp³-hybridized carbons (Fsp3) is 0.500. The third-order valence-corrected chi connectivity index (χ3v) is 6.10. The van der Waals surface area contributed by atoms with Crippen LogP contribution in [0.5, 0.6) is 11.5 Å². The van der Waals surface area contributed by atoms with Gasteiger partial charge in [-0.15, -0.1) is 0 Å². The van der Waals surface area contributed by atoms with E-state index in [2.05, 4.69) is 17.2 Å². The highest BCUT2D eigenvalue weighted by atomic mass is 16.5. The SMILES string of the molecule is COc1cc2c(cc1OC)n(CC(=O)N[C@@H]1CCCC[C@@H]1C)n1c(C)cc(=O)nc21. The molecule has 4 rings (SSSR count). The molecule has 1 aliphatic rings. The first-order valence-electron chi connectivity index (χ1n) is 10.4. The molecule has 1 amide bonds. The lowest BCUT2D eigenvalue weighted by atomic mass is 9.86. The Morgan fingerprint density at radius 1 is 1.17 bits per heavy atom. The second-order valence-corrected chi connectivity index (χ2v) is 8.09. The molecule has 1 fully saturated rings. The molecule has 2 atom stereocenters. The number of hydrogen-bond donors (Lipinski definition) is 1. The summed E-state index contributed by atoms with van der Waals surface area (Å²) in [4.78, 5) is 29.3. The zero-order valence-corrected chi connectivity index (χ0v) is 17.9. The van der Waals surface area contributed by atoms with E-state index in [9.17, 15) is 9.59 Å². The van der Waals surface area contributed by atoms with E-state index >= 15 is 0 Å². The van der Waals surface area contributed by atoms with Gasteiger partial charge in [0.15, 0.2) is 17.1 Å². The third kappa shape index (κ3) is 3.51. The van der Waals surface area contributed by atoms with Crippen molar-refractivity contribution in [1.29, 1.82) is 0 Å². The highest BCUT2D eigenvalue weighted by Crippen LogP contribution is 2.34. The van der Waals surface area contributed by atoms with Crippen LogP contribution in [0.1, 0.15) is 38.3 Å². The van der Waals surface area contributed by atoms with Gasteiger partial charge in [-0.2, -0.15) is 4.98 Å². The number of amides is 1. The van der Waals surface area contributed by atoms with Gasteiger partial charge in [0.05, 0.1) is 19.7 Å². The Labute approximate surface area is 174 Å². The summed E-state index contributed by atoms with van der Waals surface area (Å²) in [5, 5.41) is 3.94. The number of ether oxygens (including phenoxy) is 2. The van der Waals surface area contributed by atoms with E-state index in [0.29, 0.717) is 28.8 Å². The van der Waals surface area contributed by atoms with Crippen molar-refractivity contribution in [1.82, 2.24) is 19.5 Å². The van der Waals surface area contributed by atoms with Gasteiger partial charge in [0.25, 0.3) is 5.56 Å². The molecule has 2 aromatic heterocycles. The van der Waals surface area contributed by atoms with Crippen molar-refractivity contribution in [2.45, 2.75) is 52.1 Å². The number of rotatable bonds is 5. The monoisotopic (exact) mass is 412 g/mol. The maximum absolute atomic E-state index is 13.0. The van der Waals surface area contributed by atoms with Gasteiger partial charge in [-0.05, 0) is 31.7 Å². The van der Waals surface area contributed by atoms with Gasteiger partial charge in [-0.1, -0.05) is 19.8 Å². The average Bonchev–Trinajstić information content (AvgIpc) is 3.01. The summed E-state index contributed by atoms with van der Waals surface area (Å²) in [6, 6.07) is 5.29. The Bertz CT molecular complexity index is 1160. The van der Waals surface area contributed by atoms with Gasteiger partial charge in [0, 0.05) is 29.3 Å². The lowest BCUT2D eigenvalue weighted by Gasteiger charge is -2.29. The van der Waals surface area contributed by atoms with Gasteiger partial charge in [0.2, 0.25) is 5.91 Å². The molecule has 0 unspecified atom stereocenters. The number of carbonyl (C=O) groups excluding carboxylic acids is 1. The summed E-state index contributed by atoms with van der Waals surface area (Å²) < 4.78 is 14.5. The summed E-state index contributed by atoms with van der Waals surface area (Å²) in [6.07, 6.45) is 4.52. The van der Waals surface area contributed by atoms with E-state index in [4.69, 9.17) is 9.47 Å². The summed E-state index contributed by atoms with van der Waals surface area (Å²) in [5.41, 5.74) is 1.63. The van der Waals surface area contributed by atoms with Gasteiger partial charge in [-0.3, -0.25) is 14.3 Å². The number of aryl methyl sites for hydroxylation is 1. The molecule has 0 aliphatic heterocycles. The van der Waals surface area contributed by atoms with Crippen LogP contribution in [0.4, 0.5) is 0 Å². The molecular weight excluding hydrogens is 384 g/mol. The summed E-state index contributed by atoms with van der Waals surface area (Å²) in [7, 11) is 3.13. The molecular formula is C22H28N4O4. The van der Waals surface area contributed by atoms with Crippen LogP contribution in [-0.4, -0.2) is 40.3 Å². The Kier molecular flexibility index (Phi) is 5.40. The van der Waals surface area contributed by atoms with Crippen LogP contribution in [0.2, 0.25) is 0 Å². The minimum Gasteiger partial charge on any atom is -0.493 e. The Balaban J connectivity index is 1.82. The lowest BCUT2D eigenvalue weighted by Crippen LogP contribution is -2.42. The molecule has 2 heterocycles. The maximum Gasteiger partial charge on any atom is 0.273 e. The number of benzene rings is 1. The number of hydrogen-bond acceptors (Lipinski definition) is 5. The van der Waals surface area contributed by atoms with E-state index in [-0.39, 0.29) is 24.1 Å². The highest BCUT2D eigenvalue weighted by molar-refractivity contribution is 5.96. The van der Waals surface area contributed by atoms with Gasteiger partial charge >= 0.3 is 0 Å². The molecule has 0 saturated heterocycles. The summed E-state index contributed by atoms with van der Waals surface area (Å²) >= 11 is 0. The lowest BCUT2D eigenvalue weighted by molar-refractivity contribution is -0.123. The number of aromatic nitrogens is 3. The first-order valence-corrected chi connectivity index (χ1v) is 10.4. The fourth-order valence-corrected chi connectivity index (χ4v) is 4.51. The first-order chi connectivity index (χ1) is 14.4. The number of nitrogens with zero attached hydrogens (tertiary/aromatic N) is 3. The minimum absolute atomic E-state index is 0.0552. The topological polar surface area (TPSA) is 86.9 Å². The summed E-state index contributed by atoms with van der Waals surface area (Å²) in [6.45, 7) is 4.14. The van der Waals surface area contributed by atoms with Crippen LogP contribution >= 0.6 is 0 Å². The van der Waals surface area contributed by atoms with Crippen LogP contribution in [0.25, 0.3) is 16.6 Å². The second kappa shape index (κ2) is 8.01. The van der Waals surface area contributed by atoms with Crippen molar-refractivity contribution >= 4 is 22.5 Å². The molecule has 3 aromatic rings. The van der Waals surface area contributed by atoms with Crippen molar-refractivity contribution < 1.29 is 14.3 Å².